The van der Waals surface area contributed by atoms with Gasteiger partial charge in [-0.05, 0) is 0 Å². The topological polar surface area (TPSA) is 86.7 Å². The SMILES string of the molecule is CN1C(=O)CNC1=O.O=CO. The molecule has 0 bridgehead atoms. The normalized spacial score (nSPS) is 15.2. The Morgan fingerprint density at radius 3 is 2.18 bits per heavy atom. The van der Waals surface area contributed by atoms with E-state index in [2.05, 4.69) is 5.32 Å². The van der Waals surface area contributed by atoms with Gasteiger partial charge in [0.25, 0.3) is 6.47 Å². The van der Waals surface area contributed by atoms with Gasteiger partial charge in [-0.2, -0.15) is 0 Å². The highest BCUT2D eigenvalue weighted by Crippen LogP contribution is 1.91. The fourth-order valence-corrected chi connectivity index (χ4v) is 0.502. The molecule has 0 spiro atoms. The van der Waals surface area contributed by atoms with Crippen molar-refractivity contribution in [2.24, 2.45) is 0 Å². The summed E-state index contributed by atoms with van der Waals surface area (Å²) in [6, 6.07) is -0.310. The van der Waals surface area contributed by atoms with Gasteiger partial charge in [0.1, 0.15) is 0 Å². The number of hydrogen-bond acceptors (Lipinski definition) is 3. The molecule has 1 saturated heterocycles. The van der Waals surface area contributed by atoms with Crippen LogP contribution in [0.1, 0.15) is 0 Å². The minimum absolute atomic E-state index is 0.148. The summed E-state index contributed by atoms with van der Waals surface area (Å²) >= 11 is 0. The van der Waals surface area contributed by atoms with Crippen LogP contribution >= 0.6 is 0 Å². The highest BCUT2D eigenvalue weighted by molar-refractivity contribution is 6.01. The van der Waals surface area contributed by atoms with E-state index in [1.54, 1.807) is 0 Å². The number of carboxylic acid groups (broad SMARTS) is 1. The van der Waals surface area contributed by atoms with Crippen molar-refractivity contribution in [2.75, 3.05) is 13.6 Å². The van der Waals surface area contributed by atoms with Crippen molar-refractivity contribution in [3.63, 3.8) is 0 Å². The van der Waals surface area contributed by atoms with Gasteiger partial charge in [0.15, 0.2) is 0 Å². The minimum atomic E-state index is -0.310. The molecular weight excluding hydrogens is 152 g/mol. The fourth-order valence-electron chi connectivity index (χ4n) is 0.502. The number of hydrogen-bond donors (Lipinski definition) is 2. The van der Waals surface area contributed by atoms with Crippen LogP contribution in [0, 0.1) is 0 Å². The van der Waals surface area contributed by atoms with Gasteiger partial charge in [0, 0.05) is 7.05 Å². The lowest BCUT2D eigenvalue weighted by Gasteiger charge is -1.99. The van der Waals surface area contributed by atoms with Crippen molar-refractivity contribution in [3.8, 4) is 0 Å². The zero-order valence-corrected chi connectivity index (χ0v) is 5.90. The van der Waals surface area contributed by atoms with Crippen LogP contribution in [-0.4, -0.2) is 42.0 Å². The molecule has 1 aliphatic heterocycles. The number of urea groups is 1. The summed E-state index contributed by atoms with van der Waals surface area (Å²) in [6.07, 6.45) is 0. The Kier molecular flexibility index (Phi) is 3.65. The zero-order valence-electron chi connectivity index (χ0n) is 5.90. The highest BCUT2D eigenvalue weighted by Gasteiger charge is 2.23. The predicted octanol–water partition coefficient (Wildman–Crippen LogP) is -1.13. The number of imide groups is 1. The van der Waals surface area contributed by atoms with Gasteiger partial charge >= 0.3 is 6.03 Å². The van der Waals surface area contributed by atoms with Gasteiger partial charge in [0.05, 0.1) is 6.54 Å². The van der Waals surface area contributed by atoms with Crippen LogP contribution in [0.15, 0.2) is 0 Å². The van der Waals surface area contributed by atoms with Crippen molar-refractivity contribution in [1.29, 1.82) is 0 Å². The maximum atomic E-state index is 10.4. The Bertz CT molecular complexity index is 163. The minimum Gasteiger partial charge on any atom is -0.483 e. The van der Waals surface area contributed by atoms with E-state index in [0.29, 0.717) is 0 Å². The molecule has 1 fully saturated rings. The summed E-state index contributed by atoms with van der Waals surface area (Å²) in [5.74, 6) is -0.171. The van der Waals surface area contributed by atoms with Gasteiger partial charge in [-0.15, -0.1) is 0 Å². The van der Waals surface area contributed by atoms with Crippen LogP contribution in [0.3, 0.4) is 0 Å². The maximum absolute atomic E-state index is 10.4. The van der Waals surface area contributed by atoms with Gasteiger partial charge in [-0.1, -0.05) is 0 Å². The molecule has 62 valence electrons. The van der Waals surface area contributed by atoms with E-state index in [-0.39, 0.29) is 25.0 Å². The lowest BCUT2D eigenvalue weighted by Crippen LogP contribution is -2.25. The van der Waals surface area contributed by atoms with Crippen molar-refractivity contribution in [1.82, 2.24) is 10.2 Å². The van der Waals surface area contributed by atoms with Crippen LogP contribution in [0.5, 0.6) is 0 Å². The van der Waals surface area contributed by atoms with Crippen LogP contribution in [0.2, 0.25) is 0 Å². The second kappa shape index (κ2) is 4.26. The van der Waals surface area contributed by atoms with Crippen molar-refractivity contribution in [3.05, 3.63) is 0 Å². The Morgan fingerprint density at radius 2 is 2.09 bits per heavy atom. The molecule has 0 saturated carbocycles. The molecule has 0 atom stereocenters. The number of likely N-dealkylation sites (N-methyl/N-ethyl adjacent to an activating group) is 1. The number of carbonyl (C=O) groups excluding carboxylic acids is 2. The van der Waals surface area contributed by atoms with Crippen molar-refractivity contribution in [2.45, 2.75) is 0 Å². The molecule has 0 aromatic rings. The largest absolute Gasteiger partial charge is 0.483 e. The Hall–Kier alpha value is -1.59. The number of amides is 3. The molecule has 0 aliphatic carbocycles. The van der Waals surface area contributed by atoms with Crippen LogP contribution in [0.4, 0.5) is 4.79 Å². The average Bonchev–Trinajstić information content (AvgIpc) is 2.22. The maximum Gasteiger partial charge on any atom is 0.324 e. The molecule has 6 nitrogen and oxygen atoms in total. The summed E-state index contributed by atoms with van der Waals surface area (Å²) in [7, 11) is 1.45. The summed E-state index contributed by atoms with van der Waals surface area (Å²) in [6.45, 7) is -0.102. The van der Waals surface area contributed by atoms with Crippen LogP contribution < -0.4 is 5.32 Å². The summed E-state index contributed by atoms with van der Waals surface area (Å²) < 4.78 is 0. The number of nitrogens with zero attached hydrogens (tertiary/aromatic N) is 1. The third-order valence-corrected chi connectivity index (χ3v) is 1.07. The monoisotopic (exact) mass is 160 g/mol. The van der Waals surface area contributed by atoms with E-state index in [0.717, 1.165) is 4.90 Å². The molecule has 11 heavy (non-hydrogen) atoms. The lowest BCUT2D eigenvalue weighted by molar-refractivity contribution is -0.124. The first-order valence-electron chi connectivity index (χ1n) is 2.75. The van der Waals surface area contributed by atoms with E-state index in [1.165, 1.54) is 7.05 Å². The molecule has 0 unspecified atom stereocenters. The van der Waals surface area contributed by atoms with E-state index in [4.69, 9.17) is 9.90 Å². The van der Waals surface area contributed by atoms with Gasteiger partial charge in [0.2, 0.25) is 5.91 Å². The zero-order chi connectivity index (χ0) is 8.85. The standard InChI is InChI=1S/C4H6N2O2.CH2O2/c1-6-3(7)2-5-4(6)8;2-1-3/h2H2,1H3,(H,5,8);1H,(H,2,3). The second-order valence-corrected chi connectivity index (χ2v) is 1.72. The molecule has 0 radical (unpaired) electrons. The third-order valence-electron chi connectivity index (χ3n) is 1.07. The highest BCUT2D eigenvalue weighted by atomic mass is 16.3. The smallest absolute Gasteiger partial charge is 0.324 e. The van der Waals surface area contributed by atoms with Gasteiger partial charge < -0.3 is 10.4 Å². The molecule has 6 heteroatoms. The van der Waals surface area contributed by atoms with Gasteiger partial charge in [-0.25, -0.2) is 4.79 Å². The van der Waals surface area contributed by atoms with E-state index in [1.807, 2.05) is 0 Å². The summed E-state index contributed by atoms with van der Waals surface area (Å²) in [4.78, 5) is 30.2. The molecule has 0 aromatic heterocycles. The molecule has 1 aliphatic rings. The second-order valence-electron chi connectivity index (χ2n) is 1.72. The first-order chi connectivity index (χ1) is 5.13. The first-order valence-corrected chi connectivity index (χ1v) is 2.75. The predicted molar refractivity (Wildman–Crippen MR) is 34.9 cm³/mol. The van der Waals surface area contributed by atoms with Crippen molar-refractivity contribution < 1.29 is 19.5 Å². The number of nitrogens with one attached hydrogen (secondary N) is 1. The van der Waals surface area contributed by atoms with Gasteiger partial charge in [-0.3, -0.25) is 14.5 Å². The molecule has 1 heterocycles. The molecule has 1 rings (SSSR count). The quantitative estimate of drug-likeness (QED) is 0.346. The first kappa shape index (κ1) is 9.41. The Balaban J connectivity index is 0.000000292. The van der Waals surface area contributed by atoms with Crippen molar-refractivity contribution >= 4 is 18.4 Å². The van der Waals surface area contributed by atoms with E-state index >= 15 is 0 Å². The molecule has 0 aromatic carbocycles. The summed E-state index contributed by atoms with van der Waals surface area (Å²) in [5.41, 5.74) is 0. The van der Waals surface area contributed by atoms with Crippen LogP contribution in [-0.2, 0) is 9.59 Å². The average molecular weight is 160 g/mol. The Labute approximate surface area is 62.8 Å². The Morgan fingerprint density at radius 1 is 1.64 bits per heavy atom. The van der Waals surface area contributed by atoms with E-state index in [9.17, 15) is 9.59 Å². The van der Waals surface area contributed by atoms with Crippen LogP contribution in [0.25, 0.3) is 0 Å². The number of carbonyl (C=O) groups is 3. The molecular formula is C5H8N2O4. The number of rotatable bonds is 0. The molecule has 2 N–H and O–H groups in total. The third kappa shape index (κ3) is 2.65. The fraction of sp³-hybridized carbons (Fsp3) is 0.400. The lowest BCUT2D eigenvalue weighted by atomic mass is 10.6. The molecule has 3 amide bonds. The van der Waals surface area contributed by atoms with E-state index < -0.39 is 0 Å². The summed E-state index contributed by atoms with van der Waals surface area (Å²) in [5, 5.41) is 9.25.